The van der Waals surface area contributed by atoms with Gasteiger partial charge in [0.2, 0.25) is 5.91 Å². The zero-order valence-corrected chi connectivity index (χ0v) is 7.68. The van der Waals surface area contributed by atoms with Crippen LogP contribution in [0.4, 0.5) is 0 Å². The van der Waals surface area contributed by atoms with Crippen LogP contribution in [0.2, 0.25) is 0 Å². The zero-order valence-electron chi connectivity index (χ0n) is 7.68. The second kappa shape index (κ2) is 6.68. The first kappa shape index (κ1) is 11.0. The van der Waals surface area contributed by atoms with Crippen LogP contribution in [0.25, 0.3) is 0 Å². The van der Waals surface area contributed by atoms with Gasteiger partial charge in [0.25, 0.3) is 0 Å². The minimum Gasteiger partial charge on any atom is -0.355 e. The van der Waals surface area contributed by atoms with Crippen molar-refractivity contribution in [1.29, 1.82) is 0 Å². The fourth-order valence-corrected chi connectivity index (χ4v) is 0.831. The van der Waals surface area contributed by atoms with Crippen molar-refractivity contribution in [1.82, 2.24) is 10.6 Å². The van der Waals surface area contributed by atoms with Gasteiger partial charge >= 0.3 is 0 Å². The van der Waals surface area contributed by atoms with Crippen molar-refractivity contribution in [2.45, 2.75) is 13.3 Å². The second-order valence-electron chi connectivity index (χ2n) is 2.70. The third-order valence-corrected chi connectivity index (χ3v) is 1.53. The molecule has 3 nitrogen and oxygen atoms in total. The average Bonchev–Trinajstić information content (AvgIpc) is 2.05. The Bertz CT molecular complexity index is 172. The van der Waals surface area contributed by atoms with Gasteiger partial charge in [-0.2, -0.15) is 0 Å². The maximum Gasteiger partial charge on any atom is 0.224 e. The quantitative estimate of drug-likeness (QED) is 0.447. The molecule has 1 unspecified atom stereocenters. The van der Waals surface area contributed by atoms with E-state index in [1.54, 1.807) is 0 Å². The molecule has 0 fully saturated rings. The third kappa shape index (κ3) is 4.75. The Kier molecular flexibility index (Phi) is 6.12. The number of hydrogen-bond donors (Lipinski definition) is 2. The van der Waals surface area contributed by atoms with E-state index in [0.29, 0.717) is 19.5 Å². The number of carbonyl (C=O) groups is 1. The average molecular weight is 168 g/mol. The van der Waals surface area contributed by atoms with Gasteiger partial charge in [-0.15, -0.1) is 12.3 Å². The predicted molar refractivity (Wildman–Crippen MR) is 49.6 cm³/mol. The number of nitrogens with one attached hydrogen (secondary N) is 2. The summed E-state index contributed by atoms with van der Waals surface area (Å²) < 4.78 is 0. The molecular weight excluding hydrogens is 152 g/mol. The molecule has 0 spiro atoms. The lowest BCUT2D eigenvalue weighted by atomic mass is 10.1. The van der Waals surface area contributed by atoms with Crippen molar-refractivity contribution in [3.05, 3.63) is 0 Å². The van der Waals surface area contributed by atoms with E-state index < -0.39 is 0 Å². The van der Waals surface area contributed by atoms with Crippen molar-refractivity contribution in [2.75, 3.05) is 20.1 Å². The van der Waals surface area contributed by atoms with Gasteiger partial charge in [-0.05, 0) is 7.05 Å². The standard InChI is InChI=1S/C9H16N2O/c1-4-5-6-11-9(12)8(2)7-10-3/h1,8,10H,5-7H2,2-3H3,(H,11,12). The van der Waals surface area contributed by atoms with Gasteiger partial charge < -0.3 is 10.6 Å². The summed E-state index contributed by atoms with van der Waals surface area (Å²) in [5.41, 5.74) is 0. The Balaban J connectivity index is 3.51. The predicted octanol–water partition coefficient (Wildman–Crippen LogP) is -0.0186. The maximum atomic E-state index is 11.2. The van der Waals surface area contributed by atoms with Crippen LogP contribution in [0.3, 0.4) is 0 Å². The van der Waals surface area contributed by atoms with Crippen molar-refractivity contribution < 1.29 is 4.79 Å². The molecule has 68 valence electrons. The Morgan fingerprint density at radius 1 is 1.67 bits per heavy atom. The lowest BCUT2D eigenvalue weighted by Gasteiger charge is -2.09. The summed E-state index contributed by atoms with van der Waals surface area (Å²) in [7, 11) is 1.82. The first-order valence-electron chi connectivity index (χ1n) is 4.08. The van der Waals surface area contributed by atoms with E-state index in [0.717, 1.165) is 0 Å². The molecule has 1 amide bonds. The summed E-state index contributed by atoms with van der Waals surface area (Å²) in [6.45, 7) is 3.15. The number of hydrogen-bond acceptors (Lipinski definition) is 2. The molecule has 0 aliphatic heterocycles. The van der Waals surface area contributed by atoms with Crippen LogP contribution in [0.5, 0.6) is 0 Å². The molecule has 0 aromatic carbocycles. The lowest BCUT2D eigenvalue weighted by molar-refractivity contribution is -0.124. The number of carbonyl (C=O) groups excluding carboxylic acids is 1. The highest BCUT2D eigenvalue weighted by molar-refractivity contribution is 5.78. The molecule has 0 rings (SSSR count). The van der Waals surface area contributed by atoms with E-state index in [2.05, 4.69) is 16.6 Å². The first-order valence-corrected chi connectivity index (χ1v) is 4.08. The smallest absolute Gasteiger partial charge is 0.224 e. The van der Waals surface area contributed by atoms with Crippen LogP contribution < -0.4 is 10.6 Å². The van der Waals surface area contributed by atoms with E-state index in [9.17, 15) is 4.79 Å². The molecule has 0 radical (unpaired) electrons. The summed E-state index contributed by atoms with van der Waals surface area (Å²) >= 11 is 0. The van der Waals surface area contributed by atoms with E-state index in [1.165, 1.54) is 0 Å². The molecule has 0 bridgehead atoms. The molecule has 0 aromatic rings. The summed E-state index contributed by atoms with van der Waals surface area (Å²) in [5.74, 6) is 2.53. The monoisotopic (exact) mass is 168 g/mol. The van der Waals surface area contributed by atoms with Gasteiger partial charge in [-0.25, -0.2) is 0 Å². The molecule has 2 N–H and O–H groups in total. The van der Waals surface area contributed by atoms with E-state index in [4.69, 9.17) is 6.42 Å². The number of rotatable bonds is 5. The zero-order chi connectivity index (χ0) is 9.40. The van der Waals surface area contributed by atoms with E-state index in [-0.39, 0.29) is 11.8 Å². The maximum absolute atomic E-state index is 11.2. The lowest BCUT2D eigenvalue weighted by Crippen LogP contribution is -2.34. The van der Waals surface area contributed by atoms with Crippen LogP contribution in [0, 0.1) is 18.3 Å². The third-order valence-electron chi connectivity index (χ3n) is 1.53. The van der Waals surface area contributed by atoms with Crippen molar-refractivity contribution in [2.24, 2.45) is 5.92 Å². The summed E-state index contributed by atoms with van der Waals surface area (Å²) in [4.78, 5) is 11.2. The first-order chi connectivity index (χ1) is 5.72. The van der Waals surface area contributed by atoms with Gasteiger partial charge in [0, 0.05) is 25.4 Å². The Labute approximate surface area is 73.9 Å². The Morgan fingerprint density at radius 3 is 2.83 bits per heavy atom. The molecule has 1 atom stereocenters. The van der Waals surface area contributed by atoms with Crippen molar-refractivity contribution in [3.63, 3.8) is 0 Å². The summed E-state index contributed by atoms with van der Waals surface area (Å²) in [6.07, 6.45) is 5.63. The molecule has 3 heteroatoms. The molecule has 0 aliphatic carbocycles. The minimum atomic E-state index is 0.00720. The molecular formula is C9H16N2O. The van der Waals surface area contributed by atoms with Crippen LogP contribution in [-0.4, -0.2) is 26.0 Å². The molecule has 0 heterocycles. The summed E-state index contributed by atoms with van der Waals surface area (Å²) in [6, 6.07) is 0. The summed E-state index contributed by atoms with van der Waals surface area (Å²) in [5, 5.41) is 5.68. The van der Waals surface area contributed by atoms with Crippen LogP contribution in [0.1, 0.15) is 13.3 Å². The van der Waals surface area contributed by atoms with Gasteiger partial charge in [0.1, 0.15) is 0 Å². The molecule has 12 heavy (non-hydrogen) atoms. The molecule has 0 aromatic heterocycles. The van der Waals surface area contributed by atoms with Gasteiger partial charge in [-0.3, -0.25) is 4.79 Å². The largest absolute Gasteiger partial charge is 0.355 e. The SMILES string of the molecule is C#CCCNC(=O)C(C)CNC. The van der Waals surface area contributed by atoms with Crippen LogP contribution >= 0.6 is 0 Å². The van der Waals surface area contributed by atoms with Gasteiger partial charge in [0.15, 0.2) is 0 Å². The van der Waals surface area contributed by atoms with Crippen LogP contribution in [-0.2, 0) is 4.79 Å². The molecule has 0 saturated heterocycles. The topological polar surface area (TPSA) is 41.1 Å². The number of amides is 1. The van der Waals surface area contributed by atoms with Crippen molar-refractivity contribution >= 4 is 5.91 Å². The van der Waals surface area contributed by atoms with Crippen molar-refractivity contribution in [3.8, 4) is 12.3 Å². The highest BCUT2D eigenvalue weighted by Crippen LogP contribution is 1.91. The number of terminal acetylenes is 1. The normalized spacial score (nSPS) is 11.8. The van der Waals surface area contributed by atoms with E-state index in [1.807, 2.05) is 14.0 Å². The van der Waals surface area contributed by atoms with Crippen LogP contribution in [0.15, 0.2) is 0 Å². The Morgan fingerprint density at radius 2 is 2.33 bits per heavy atom. The fraction of sp³-hybridized carbons (Fsp3) is 0.667. The fourth-order valence-electron chi connectivity index (χ4n) is 0.831. The second-order valence-corrected chi connectivity index (χ2v) is 2.70. The van der Waals surface area contributed by atoms with E-state index >= 15 is 0 Å². The van der Waals surface area contributed by atoms with Gasteiger partial charge in [-0.1, -0.05) is 6.92 Å². The Hall–Kier alpha value is -1.01. The molecule has 0 aliphatic rings. The highest BCUT2D eigenvalue weighted by Gasteiger charge is 2.09. The highest BCUT2D eigenvalue weighted by atomic mass is 16.1. The minimum absolute atomic E-state index is 0.00720. The van der Waals surface area contributed by atoms with Gasteiger partial charge in [0.05, 0.1) is 0 Å². The molecule has 0 saturated carbocycles.